The molecule has 0 atom stereocenters. The number of aromatic nitrogens is 1. The van der Waals surface area contributed by atoms with Crippen LogP contribution >= 0.6 is 0 Å². The summed E-state index contributed by atoms with van der Waals surface area (Å²) in [7, 11) is 0. The number of alkyl halides is 3. The van der Waals surface area contributed by atoms with E-state index >= 15 is 0 Å². The number of pyridine rings is 1. The van der Waals surface area contributed by atoms with Crippen LogP contribution in [0.3, 0.4) is 0 Å². The molecular formula is C14H17F3N2O. The van der Waals surface area contributed by atoms with Gasteiger partial charge in [-0.25, -0.2) is 0 Å². The lowest BCUT2D eigenvalue weighted by molar-refractivity contribution is -0.138. The van der Waals surface area contributed by atoms with Crippen LogP contribution in [0.5, 0.6) is 0 Å². The molecule has 0 N–H and O–H groups in total. The fourth-order valence-corrected chi connectivity index (χ4v) is 2.50. The Morgan fingerprint density at radius 2 is 2.05 bits per heavy atom. The van der Waals surface area contributed by atoms with Crippen molar-refractivity contribution in [3.8, 4) is 0 Å². The Morgan fingerprint density at radius 3 is 2.60 bits per heavy atom. The quantitative estimate of drug-likeness (QED) is 0.835. The van der Waals surface area contributed by atoms with Crippen molar-refractivity contribution in [2.75, 3.05) is 13.1 Å². The zero-order chi connectivity index (χ0) is 14.8. The summed E-state index contributed by atoms with van der Waals surface area (Å²) in [5.74, 6) is -0.0580. The molecule has 2 heterocycles. The second-order valence-electron chi connectivity index (χ2n) is 5.04. The van der Waals surface area contributed by atoms with Gasteiger partial charge in [0.25, 0.3) is 5.91 Å². The first-order valence-corrected chi connectivity index (χ1v) is 6.75. The lowest BCUT2D eigenvalue weighted by Gasteiger charge is -2.31. The van der Waals surface area contributed by atoms with Gasteiger partial charge in [0, 0.05) is 19.3 Å². The molecule has 110 valence electrons. The van der Waals surface area contributed by atoms with Crippen LogP contribution < -0.4 is 0 Å². The molecule has 0 saturated carbocycles. The molecule has 1 aliphatic heterocycles. The number of nitrogens with zero attached hydrogens (tertiary/aromatic N) is 2. The maximum absolute atomic E-state index is 12.9. The highest BCUT2D eigenvalue weighted by Gasteiger charge is 2.37. The van der Waals surface area contributed by atoms with Crippen LogP contribution in [0.4, 0.5) is 13.2 Å². The predicted molar refractivity (Wildman–Crippen MR) is 68.2 cm³/mol. The first-order valence-electron chi connectivity index (χ1n) is 6.75. The zero-order valence-electron chi connectivity index (χ0n) is 11.3. The largest absolute Gasteiger partial charge is 0.418 e. The van der Waals surface area contributed by atoms with E-state index in [0.717, 1.165) is 25.3 Å². The standard InChI is InChI=1S/C14H17F3N2O/c1-2-10-5-8-19(9-6-10)13(20)12-11(14(15,16)17)4-3-7-18-12/h3-4,7,10H,2,5-6,8-9H2,1H3. The minimum Gasteiger partial charge on any atom is -0.337 e. The van der Waals surface area contributed by atoms with E-state index in [1.807, 2.05) is 0 Å². The molecule has 0 aliphatic carbocycles. The Labute approximate surface area is 115 Å². The molecule has 1 saturated heterocycles. The summed E-state index contributed by atoms with van der Waals surface area (Å²) in [5, 5.41) is 0. The molecule has 3 nitrogen and oxygen atoms in total. The Morgan fingerprint density at radius 1 is 1.40 bits per heavy atom. The third-order valence-corrected chi connectivity index (χ3v) is 3.79. The molecule has 0 aromatic carbocycles. The fourth-order valence-electron chi connectivity index (χ4n) is 2.50. The van der Waals surface area contributed by atoms with E-state index in [4.69, 9.17) is 0 Å². The van der Waals surface area contributed by atoms with E-state index in [-0.39, 0.29) is 0 Å². The lowest BCUT2D eigenvalue weighted by Crippen LogP contribution is -2.39. The van der Waals surface area contributed by atoms with Gasteiger partial charge in [-0.05, 0) is 30.9 Å². The molecule has 20 heavy (non-hydrogen) atoms. The van der Waals surface area contributed by atoms with E-state index in [0.29, 0.717) is 19.0 Å². The Hall–Kier alpha value is -1.59. The second kappa shape index (κ2) is 5.81. The van der Waals surface area contributed by atoms with Crippen LogP contribution in [-0.2, 0) is 6.18 Å². The van der Waals surface area contributed by atoms with Crippen molar-refractivity contribution in [1.82, 2.24) is 9.88 Å². The second-order valence-corrected chi connectivity index (χ2v) is 5.04. The van der Waals surface area contributed by atoms with Crippen LogP contribution in [0.2, 0.25) is 0 Å². The minimum atomic E-state index is -4.55. The number of halogens is 3. The van der Waals surface area contributed by atoms with E-state index in [1.165, 1.54) is 17.2 Å². The normalized spacial score (nSPS) is 17.3. The molecule has 1 aromatic rings. The lowest BCUT2D eigenvalue weighted by atomic mass is 9.94. The minimum absolute atomic E-state index is 0.491. The van der Waals surface area contributed by atoms with Gasteiger partial charge in [0.1, 0.15) is 5.69 Å². The fraction of sp³-hybridized carbons (Fsp3) is 0.571. The molecular weight excluding hydrogens is 269 g/mol. The zero-order valence-corrected chi connectivity index (χ0v) is 11.3. The van der Waals surface area contributed by atoms with Crippen molar-refractivity contribution in [3.05, 3.63) is 29.6 Å². The van der Waals surface area contributed by atoms with Crippen molar-refractivity contribution in [1.29, 1.82) is 0 Å². The van der Waals surface area contributed by atoms with Crippen LogP contribution in [0.25, 0.3) is 0 Å². The van der Waals surface area contributed by atoms with Gasteiger partial charge >= 0.3 is 6.18 Å². The summed E-state index contributed by atoms with van der Waals surface area (Å²) in [5.41, 5.74) is -1.45. The highest BCUT2D eigenvalue weighted by molar-refractivity contribution is 5.94. The van der Waals surface area contributed by atoms with E-state index < -0.39 is 23.3 Å². The molecule has 0 bridgehead atoms. The van der Waals surface area contributed by atoms with Gasteiger partial charge in [0.15, 0.2) is 0 Å². The molecule has 1 amide bonds. The average Bonchev–Trinajstić information content (AvgIpc) is 2.46. The number of hydrogen-bond acceptors (Lipinski definition) is 2. The van der Waals surface area contributed by atoms with Crippen molar-refractivity contribution < 1.29 is 18.0 Å². The average molecular weight is 286 g/mol. The maximum Gasteiger partial charge on any atom is 0.418 e. The van der Waals surface area contributed by atoms with E-state index in [2.05, 4.69) is 11.9 Å². The molecule has 1 fully saturated rings. The number of piperidine rings is 1. The topological polar surface area (TPSA) is 33.2 Å². The molecule has 1 aliphatic rings. The van der Waals surface area contributed by atoms with Gasteiger partial charge in [-0.2, -0.15) is 13.2 Å². The predicted octanol–water partition coefficient (Wildman–Crippen LogP) is 3.36. The smallest absolute Gasteiger partial charge is 0.337 e. The number of carbonyl (C=O) groups is 1. The van der Waals surface area contributed by atoms with Crippen LogP contribution in [0.1, 0.15) is 42.2 Å². The molecule has 1 aromatic heterocycles. The van der Waals surface area contributed by atoms with Gasteiger partial charge in [0.2, 0.25) is 0 Å². The molecule has 2 rings (SSSR count). The van der Waals surface area contributed by atoms with Crippen LogP contribution in [-0.4, -0.2) is 28.9 Å². The van der Waals surface area contributed by atoms with Crippen LogP contribution in [0.15, 0.2) is 18.3 Å². The first kappa shape index (κ1) is 14.8. The summed E-state index contributed by atoms with van der Waals surface area (Å²) in [6, 6.07) is 2.10. The van der Waals surface area contributed by atoms with Crippen LogP contribution in [0, 0.1) is 5.92 Å². The Balaban J connectivity index is 2.18. The Bertz CT molecular complexity index is 480. The number of likely N-dealkylation sites (tertiary alicyclic amines) is 1. The summed E-state index contributed by atoms with van der Waals surface area (Å²) in [6.45, 7) is 3.10. The molecule has 0 unspecified atom stereocenters. The summed E-state index contributed by atoms with van der Waals surface area (Å²) < 4.78 is 38.6. The summed E-state index contributed by atoms with van der Waals surface area (Å²) >= 11 is 0. The Kier molecular flexibility index (Phi) is 4.30. The van der Waals surface area contributed by atoms with E-state index in [1.54, 1.807) is 0 Å². The van der Waals surface area contributed by atoms with Gasteiger partial charge in [-0.1, -0.05) is 13.3 Å². The van der Waals surface area contributed by atoms with Crippen molar-refractivity contribution >= 4 is 5.91 Å². The first-order chi connectivity index (χ1) is 9.43. The SMILES string of the molecule is CCC1CCN(C(=O)c2ncccc2C(F)(F)F)CC1. The number of carbonyl (C=O) groups excluding carboxylic acids is 1. The van der Waals surface area contributed by atoms with Crippen molar-refractivity contribution in [3.63, 3.8) is 0 Å². The van der Waals surface area contributed by atoms with Gasteiger partial charge < -0.3 is 4.90 Å². The van der Waals surface area contributed by atoms with Gasteiger partial charge in [-0.15, -0.1) is 0 Å². The number of hydrogen-bond donors (Lipinski definition) is 0. The highest BCUT2D eigenvalue weighted by atomic mass is 19.4. The highest BCUT2D eigenvalue weighted by Crippen LogP contribution is 2.32. The summed E-state index contributed by atoms with van der Waals surface area (Å²) in [4.78, 5) is 17.3. The van der Waals surface area contributed by atoms with Gasteiger partial charge in [0.05, 0.1) is 5.56 Å². The van der Waals surface area contributed by atoms with Gasteiger partial charge in [-0.3, -0.25) is 9.78 Å². The molecule has 0 spiro atoms. The monoisotopic (exact) mass is 286 g/mol. The van der Waals surface area contributed by atoms with E-state index in [9.17, 15) is 18.0 Å². The third-order valence-electron chi connectivity index (χ3n) is 3.79. The van der Waals surface area contributed by atoms with Crippen molar-refractivity contribution in [2.45, 2.75) is 32.4 Å². The van der Waals surface area contributed by atoms with Crippen molar-refractivity contribution in [2.24, 2.45) is 5.92 Å². The third kappa shape index (κ3) is 3.11. The molecule has 0 radical (unpaired) electrons. The number of rotatable bonds is 2. The molecule has 6 heteroatoms. The number of amides is 1. The summed E-state index contributed by atoms with van der Waals surface area (Å²) in [6.07, 6.45) is -0.603. The maximum atomic E-state index is 12.9.